The molecule has 2 nitrogen and oxygen atoms in total. The number of aryl methyl sites for hydroxylation is 3. The maximum absolute atomic E-state index is 5.87. The monoisotopic (exact) mass is 232 g/mol. The van der Waals surface area contributed by atoms with E-state index in [0.717, 1.165) is 16.8 Å². The van der Waals surface area contributed by atoms with Crippen molar-refractivity contribution >= 4 is 11.6 Å². The van der Waals surface area contributed by atoms with Gasteiger partial charge in [0.1, 0.15) is 0 Å². The van der Waals surface area contributed by atoms with Crippen molar-refractivity contribution in [3.63, 3.8) is 0 Å². The van der Waals surface area contributed by atoms with Gasteiger partial charge in [-0.2, -0.15) is 0 Å². The highest BCUT2D eigenvalue weighted by Gasteiger charge is 2.06. The van der Waals surface area contributed by atoms with Gasteiger partial charge in [0, 0.05) is 5.56 Å². The molecule has 2 rings (SSSR count). The number of hydrogen-bond acceptors (Lipinski definition) is 2. The van der Waals surface area contributed by atoms with Gasteiger partial charge >= 0.3 is 0 Å². The van der Waals surface area contributed by atoms with Crippen LogP contribution in [-0.2, 0) is 0 Å². The van der Waals surface area contributed by atoms with Crippen molar-refractivity contribution in [2.24, 2.45) is 0 Å². The van der Waals surface area contributed by atoms with Crippen molar-refractivity contribution < 1.29 is 0 Å². The van der Waals surface area contributed by atoms with E-state index in [1.54, 1.807) is 0 Å². The Morgan fingerprint density at radius 1 is 0.938 bits per heavy atom. The van der Waals surface area contributed by atoms with E-state index >= 15 is 0 Å². The fraction of sp³-hybridized carbons (Fsp3) is 0.231. The molecule has 0 radical (unpaired) electrons. The van der Waals surface area contributed by atoms with Gasteiger partial charge in [-0.25, -0.2) is 0 Å². The number of hydrogen-bond donors (Lipinski definition) is 0. The van der Waals surface area contributed by atoms with Crippen LogP contribution in [0.25, 0.3) is 11.3 Å². The number of halogens is 1. The first kappa shape index (κ1) is 11.1. The van der Waals surface area contributed by atoms with Gasteiger partial charge in [0.25, 0.3) is 0 Å². The maximum atomic E-state index is 5.87. The first-order chi connectivity index (χ1) is 7.58. The fourth-order valence-electron chi connectivity index (χ4n) is 1.61. The predicted octanol–water partition coefficient (Wildman–Crippen LogP) is 3.72. The molecule has 0 aliphatic heterocycles. The molecule has 1 aromatic carbocycles. The van der Waals surface area contributed by atoms with Crippen LogP contribution in [0.5, 0.6) is 0 Å². The zero-order chi connectivity index (χ0) is 11.7. The van der Waals surface area contributed by atoms with E-state index in [9.17, 15) is 0 Å². The third kappa shape index (κ3) is 2.07. The summed E-state index contributed by atoms with van der Waals surface area (Å²) in [5, 5.41) is 8.54. The van der Waals surface area contributed by atoms with Crippen LogP contribution in [0, 0.1) is 20.8 Å². The highest BCUT2D eigenvalue weighted by molar-refractivity contribution is 6.30. The summed E-state index contributed by atoms with van der Waals surface area (Å²) in [6.45, 7) is 6.07. The molecule has 0 spiro atoms. The van der Waals surface area contributed by atoms with Crippen molar-refractivity contribution in [3.05, 3.63) is 46.1 Å². The minimum absolute atomic E-state index is 0.467. The highest BCUT2D eigenvalue weighted by atomic mass is 35.5. The zero-order valence-corrected chi connectivity index (χ0v) is 10.3. The van der Waals surface area contributed by atoms with Gasteiger partial charge < -0.3 is 0 Å². The van der Waals surface area contributed by atoms with Crippen molar-refractivity contribution in [1.29, 1.82) is 0 Å². The van der Waals surface area contributed by atoms with Crippen LogP contribution in [0.1, 0.15) is 16.7 Å². The Morgan fingerprint density at radius 2 is 1.69 bits per heavy atom. The van der Waals surface area contributed by atoms with Gasteiger partial charge in [-0.3, -0.25) is 0 Å². The molecule has 82 valence electrons. The average molecular weight is 233 g/mol. The Hall–Kier alpha value is -1.41. The Morgan fingerprint density at radius 3 is 2.38 bits per heavy atom. The van der Waals surface area contributed by atoms with Crippen LogP contribution in [0.3, 0.4) is 0 Å². The van der Waals surface area contributed by atoms with E-state index in [1.807, 2.05) is 13.0 Å². The minimum Gasteiger partial charge on any atom is -0.149 e. The fourth-order valence-corrected chi connectivity index (χ4v) is 1.71. The number of nitrogens with zero attached hydrogens (tertiary/aromatic N) is 2. The normalized spacial score (nSPS) is 10.5. The van der Waals surface area contributed by atoms with Crippen LogP contribution in [0.2, 0.25) is 5.15 Å². The highest BCUT2D eigenvalue weighted by Crippen LogP contribution is 2.24. The van der Waals surface area contributed by atoms with Gasteiger partial charge in [0.05, 0.1) is 5.69 Å². The second-order valence-electron chi connectivity index (χ2n) is 4.02. The van der Waals surface area contributed by atoms with Gasteiger partial charge in [0.2, 0.25) is 0 Å². The second kappa shape index (κ2) is 4.22. The lowest BCUT2D eigenvalue weighted by Crippen LogP contribution is -1.93. The number of rotatable bonds is 1. The number of aromatic nitrogens is 2. The third-order valence-electron chi connectivity index (χ3n) is 2.59. The summed E-state index contributed by atoms with van der Waals surface area (Å²) in [5.74, 6) is 0. The molecule has 0 fully saturated rings. The molecule has 0 bridgehead atoms. The van der Waals surface area contributed by atoms with Gasteiger partial charge in [-0.1, -0.05) is 29.3 Å². The van der Waals surface area contributed by atoms with Crippen LogP contribution < -0.4 is 0 Å². The third-order valence-corrected chi connectivity index (χ3v) is 2.97. The molecule has 0 amide bonds. The van der Waals surface area contributed by atoms with Crippen molar-refractivity contribution in [3.8, 4) is 11.3 Å². The molecule has 0 saturated carbocycles. The Balaban J connectivity index is 2.58. The van der Waals surface area contributed by atoms with Gasteiger partial charge in [0.15, 0.2) is 5.15 Å². The molecular formula is C13H13ClN2. The maximum Gasteiger partial charge on any atom is 0.154 e. The Kier molecular flexibility index (Phi) is 2.92. The summed E-state index contributed by atoms with van der Waals surface area (Å²) in [6, 6.07) is 8.27. The van der Waals surface area contributed by atoms with Crippen molar-refractivity contribution in [2.45, 2.75) is 20.8 Å². The molecule has 0 N–H and O–H groups in total. The molecule has 0 saturated heterocycles. The van der Waals surface area contributed by atoms with Crippen LogP contribution in [0.4, 0.5) is 0 Å². The molecule has 1 aromatic heterocycles. The van der Waals surface area contributed by atoms with Crippen molar-refractivity contribution in [2.75, 3.05) is 0 Å². The lowest BCUT2D eigenvalue weighted by Gasteiger charge is -2.07. The zero-order valence-electron chi connectivity index (χ0n) is 9.58. The first-order valence-corrected chi connectivity index (χ1v) is 5.53. The van der Waals surface area contributed by atoms with E-state index in [1.165, 1.54) is 11.1 Å². The van der Waals surface area contributed by atoms with Gasteiger partial charge in [-0.15, -0.1) is 10.2 Å². The molecule has 16 heavy (non-hydrogen) atoms. The lowest BCUT2D eigenvalue weighted by atomic mass is 10.0. The number of benzene rings is 1. The summed E-state index contributed by atoms with van der Waals surface area (Å²) in [5.41, 5.74) is 5.36. The van der Waals surface area contributed by atoms with Crippen molar-refractivity contribution in [1.82, 2.24) is 10.2 Å². The molecule has 1 heterocycles. The topological polar surface area (TPSA) is 25.8 Å². The Labute approximate surface area is 100 Å². The summed E-state index contributed by atoms with van der Waals surface area (Å²) in [4.78, 5) is 0. The van der Waals surface area contributed by atoms with Crippen LogP contribution in [0.15, 0.2) is 24.3 Å². The van der Waals surface area contributed by atoms with E-state index in [4.69, 9.17) is 11.6 Å². The smallest absolute Gasteiger partial charge is 0.149 e. The standard InChI is InChI=1S/C13H13ClN2/c1-8-4-5-9(2)11(6-8)12-7-10(3)13(14)16-15-12/h4-7H,1-3H3. The Bertz CT molecular complexity index is 535. The summed E-state index contributed by atoms with van der Waals surface area (Å²) in [7, 11) is 0. The van der Waals surface area contributed by atoms with E-state index in [-0.39, 0.29) is 0 Å². The van der Waals surface area contributed by atoms with Gasteiger partial charge in [-0.05, 0) is 44.0 Å². The summed E-state index contributed by atoms with van der Waals surface area (Å²) >= 11 is 5.87. The summed E-state index contributed by atoms with van der Waals surface area (Å²) in [6.07, 6.45) is 0. The first-order valence-electron chi connectivity index (χ1n) is 5.15. The quantitative estimate of drug-likeness (QED) is 0.749. The molecule has 0 aliphatic carbocycles. The molecule has 0 atom stereocenters. The molecule has 0 unspecified atom stereocenters. The molecule has 0 aliphatic rings. The molecular weight excluding hydrogens is 220 g/mol. The van der Waals surface area contributed by atoms with Crippen LogP contribution in [-0.4, -0.2) is 10.2 Å². The SMILES string of the molecule is Cc1ccc(C)c(-c2cc(C)c(Cl)nn2)c1. The van der Waals surface area contributed by atoms with E-state index in [0.29, 0.717) is 5.15 Å². The predicted molar refractivity (Wildman–Crippen MR) is 66.7 cm³/mol. The second-order valence-corrected chi connectivity index (χ2v) is 4.38. The lowest BCUT2D eigenvalue weighted by molar-refractivity contribution is 1.02. The minimum atomic E-state index is 0.467. The molecule has 3 heteroatoms. The average Bonchev–Trinajstić information content (AvgIpc) is 2.26. The van der Waals surface area contributed by atoms with Crippen LogP contribution >= 0.6 is 11.6 Å². The van der Waals surface area contributed by atoms with E-state index in [2.05, 4.69) is 42.2 Å². The van der Waals surface area contributed by atoms with E-state index < -0.39 is 0 Å². The largest absolute Gasteiger partial charge is 0.154 e. The summed E-state index contributed by atoms with van der Waals surface area (Å²) < 4.78 is 0. The molecule has 2 aromatic rings.